The van der Waals surface area contributed by atoms with Crippen molar-refractivity contribution in [1.29, 1.82) is 0 Å². The van der Waals surface area contributed by atoms with Gasteiger partial charge in [-0.2, -0.15) is 0 Å². The lowest BCUT2D eigenvalue weighted by molar-refractivity contribution is 0.581. The van der Waals surface area contributed by atoms with Crippen molar-refractivity contribution in [2.24, 2.45) is 0 Å². The molecule has 0 radical (unpaired) electrons. The minimum atomic E-state index is 0. The van der Waals surface area contributed by atoms with Crippen LogP contribution in [0.2, 0.25) is 0 Å². The van der Waals surface area contributed by atoms with Crippen LogP contribution in [0.5, 0.6) is 0 Å². The first-order chi connectivity index (χ1) is 13.6. The van der Waals surface area contributed by atoms with Crippen molar-refractivity contribution in [2.45, 2.75) is 30.9 Å². The Labute approximate surface area is 169 Å². The molecule has 0 spiro atoms. The third-order valence-corrected chi connectivity index (χ3v) is 5.21. The van der Waals surface area contributed by atoms with Gasteiger partial charge in [-0.05, 0) is 25.1 Å². The minimum Gasteiger partial charge on any atom is -0.415 e. The van der Waals surface area contributed by atoms with Crippen molar-refractivity contribution in [1.82, 2.24) is 20.2 Å². The molecule has 0 atom stereocenters. The van der Waals surface area contributed by atoms with Gasteiger partial charge in [0.1, 0.15) is 5.69 Å². The number of rotatable bonds is 5. The van der Waals surface area contributed by atoms with Gasteiger partial charge in [0.25, 0.3) is 5.89 Å². The second-order valence-electron chi connectivity index (χ2n) is 6.63. The summed E-state index contributed by atoms with van der Waals surface area (Å²) in [4.78, 5) is 10.5. The molecular formula is C22H22N4OS. The fourth-order valence-corrected chi connectivity index (χ4v) is 3.80. The molecule has 5 nitrogen and oxygen atoms in total. The SMILES string of the molecule is Cc1ncc(-c2ccccc2SC(C)C)nc1-c1nnc(-c2ccccc2)o1.[HH]. The van der Waals surface area contributed by atoms with E-state index in [1.807, 2.05) is 61.2 Å². The lowest BCUT2D eigenvalue weighted by Crippen LogP contribution is -1.97. The summed E-state index contributed by atoms with van der Waals surface area (Å²) in [5, 5.41) is 8.85. The van der Waals surface area contributed by atoms with E-state index in [-0.39, 0.29) is 1.43 Å². The third-order valence-electron chi connectivity index (χ3n) is 4.13. The van der Waals surface area contributed by atoms with Gasteiger partial charge in [-0.25, -0.2) is 4.98 Å². The van der Waals surface area contributed by atoms with E-state index in [0.29, 0.717) is 22.7 Å². The summed E-state index contributed by atoms with van der Waals surface area (Å²) >= 11 is 1.81. The van der Waals surface area contributed by atoms with Crippen molar-refractivity contribution in [3.8, 4) is 34.3 Å². The van der Waals surface area contributed by atoms with Gasteiger partial charge in [0.05, 0.1) is 17.6 Å². The van der Waals surface area contributed by atoms with E-state index in [1.54, 1.807) is 6.20 Å². The summed E-state index contributed by atoms with van der Waals surface area (Å²) in [6.07, 6.45) is 1.80. The van der Waals surface area contributed by atoms with Gasteiger partial charge in [0.15, 0.2) is 0 Å². The topological polar surface area (TPSA) is 64.7 Å². The molecule has 0 aliphatic carbocycles. The smallest absolute Gasteiger partial charge is 0.268 e. The molecule has 0 fully saturated rings. The first-order valence-corrected chi connectivity index (χ1v) is 9.99. The van der Waals surface area contributed by atoms with Crippen molar-refractivity contribution < 1.29 is 5.84 Å². The summed E-state index contributed by atoms with van der Waals surface area (Å²) < 4.78 is 5.89. The third kappa shape index (κ3) is 3.82. The van der Waals surface area contributed by atoms with Crippen molar-refractivity contribution in [3.05, 3.63) is 66.5 Å². The molecule has 4 rings (SSSR count). The fourth-order valence-electron chi connectivity index (χ4n) is 2.83. The Morgan fingerprint density at radius 2 is 1.64 bits per heavy atom. The highest BCUT2D eigenvalue weighted by Gasteiger charge is 2.17. The normalized spacial score (nSPS) is 11.1. The van der Waals surface area contributed by atoms with Crippen LogP contribution in [-0.2, 0) is 0 Å². The van der Waals surface area contributed by atoms with E-state index >= 15 is 0 Å². The highest BCUT2D eigenvalue weighted by molar-refractivity contribution is 8.00. The van der Waals surface area contributed by atoms with E-state index in [1.165, 1.54) is 4.90 Å². The number of hydrogen-bond donors (Lipinski definition) is 0. The molecule has 2 heterocycles. The molecule has 4 aromatic rings. The zero-order chi connectivity index (χ0) is 19.5. The molecule has 0 saturated carbocycles. The molecule has 0 saturated heterocycles. The molecule has 0 bridgehead atoms. The van der Waals surface area contributed by atoms with E-state index < -0.39 is 0 Å². The second-order valence-corrected chi connectivity index (χ2v) is 8.25. The molecule has 0 aliphatic heterocycles. The maximum Gasteiger partial charge on any atom is 0.268 e. The predicted molar refractivity (Wildman–Crippen MR) is 114 cm³/mol. The Bertz CT molecular complexity index is 1100. The van der Waals surface area contributed by atoms with E-state index in [4.69, 9.17) is 9.40 Å². The molecule has 0 aliphatic rings. The van der Waals surface area contributed by atoms with Crippen LogP contribution in [0.25, 0.3) is 34.3 Å². The number of aryl methyl sites for hydroxylation is 1. The van der Waals surface area contributed by atoms with Gasteiger partial charge in [0.2, 0.25) is 5.89 Å². The zero-order valence-corrected chi connectivity index (χ0v) is 16.8. The first-order valence-electron chi connectivity index (χ1n) is 9.11. The van der Waals surface area contributed by atoms with Crippen LogP contribution < -0.4 is 0 Å². The van der Waals surface area contributed by atoms with E-state index in [9.17, 15) is 0 Å². The number of hydrogen-bond acceptors (Lipinski definition) is 6. The summed E-state index contributed by atoms with van der Waals surface area (Å²) in [6, 6.07) is 17.9. The summed E-state index contributed by atoms with van der Waals surface area (Å²) in [6.45, 7) is 6.25. The number of thioether (sulfide) groups is 1. The molecule has 2 aromatic heterocycles. The van der Waals surface area contributed by atoms with Gasteiger partial charge in [-0.3, -0.25) is 4.98 Å². The van der Waals surface area contributed by atoms with Gasteiger partial charge < -0.3 is 4.42 Å². The molecule has 142 valence electrons. The lowest BCUT2D eigenvalue weighted by atomic mass is 10.1. The van der Waals surface area contributed by atoms with Gasteiger partial charge >= 0.3 is 0 Å². The molecule has 0 N–H and O–H groups in total. The molecular weight excluding hydrogens is 368 g/mol. The predicted octanol–water partition coefficient (Wildman–Crippen LogP) is 5.92. The van der Waals surface area contributed by atoms with Crippen LogP contribution in [-0.4, -0.2) is 25.4 Å². The molecule has 0 unspecified atom stereocenters. The number of nitrogens with zero attached hydrogens (tertiary/aromatic N) is 4. The largest absolute Gasteiger partial charge is 0.415 e. The minimum absolute atomic E-state index is 0. The summed E-state index contributed by atoms with van der Waals surface area (Å²) in [7, 11) is 0. The van der Waals surface area contributed by atoms with Crippen LogP contribution in [0, 0.1) is 6.92 Å². The van der Waals surface area contributed by atoms with E-state index in [2.05, 4.69) is 41.2 Å². The number of benzene rings is 2. The maximum absolute atomic E-state index is 5.89. The van der Waals surface area contributed by atoms with Crippen molar-refractivity contribution in [3.63, 3.8) is 0 Å². The summed E-state index contributed by atoms with van der Waals surface area (Å²) in [5.41, 5.74) is 4.08. The molecule has 0 amide bonds. The standard InChI is InChI=1S/C22H20N4OS.H2/c1-14(2)28-19-12-8-7-11-17(19)18-13-23-15(3)20(24-18)22-26-25-21(27-22)16-9-5-4-6-10-16;/h4-14H,1-3H3;1H. The van der Waals surface area contributed by atoms with Crippen molar-refractivity contribution in [2.75, 3.05) is 0 Å². The molecule has 6 heteroatoms. The second kappa shape index (κ2) is 7.94. The average molecular weight is 391 g/mol. The van der Waals surface area contributed by atoms with Gasteiger partial charge in [-0.1, -0.05) is 50.2 Å². The average Bonchev–Trinajstić information content (AvgIpc) is 3.19. The lowest BCUT2D eigenvalue weighted by Gasteiger charge is -2.11. The Hall–Kier alpha value is -2.99. The van der Waals surface area contributed by atoms with Crippen LogP contribution in [0.1, 0.15) is 21.0 Å². The first kappa shape index (κ1) is 18.4. The Kier molecular flexibility index (Phi) is 5.21. The quantitative estimate of drug-likeness (QED) is 0.394. The number of aromatic nitrogens is 4. The van der Waals surface area contributed by atoms with Gasteiger partial charge in [0, 0.05) is 22.7 Å². The van der Waals surface area contributed by atoms with Crippen LogP contribution in [0.15, 0.2) is 70.1 Å². The highest BCUT2D eigenvalue weighted by Crippen LogP contribution is 2.34. The summed E-state index contributed by atoms with van der Waals surface area (Å²) in [5.74, 6) is 0.845. The monoisotopic (exact) mass is 390 g/mol. The fraction of sp³-hybridized carbons (Fsp3) is 0.182. The Morgan fingerprint density at radius 1 is 0.929 bits per heavy atom. The Morgan fingerprint density at radius 3 is 2.43 bits per heavy atom. The zero-order valence-electron chi connectivity index (χ0n) is 16.0. The van der Waals surface area contributed by atoms with Crippen LogP contribution in [0.3, 0.4) is 0 Å². The molecule has 2 aromatic carbocycles. The van der Waals surface area contributed by atoms with Crippen LogP contribution >= 0.6 is 11.8 Å². The van der Waals surface area contributed by atoms with E-state index in [0.717, 1.165) is 22.5 Å². The maximum atomic E-state index is 5.89. The Balaban J connectivity index is 0.00000240. The van der Waals surface area contributed by atoms with Crippen molar-refractivity contribution >= 4 is 11.8 Å². The van der Waals surface area contributed by atoms with Crippen LogP contribution in [0.4, 0.5) is 0 Å². The highest BCUT2D eigenvalue weighted by atomic mass is 32.2. The molecule has 28 heavy (non-hydrogen) atoms. The van der Waals surface area contributed by atoms with Gasteiger partial charge in [-0.15, -0.1) is 22.0 Å².